The number of fused-ring (bicyclic) bond motifs is 1. The van der Waals surface area contributed by atoms with Gasteiger partial charge in [-0.25, -0.2) is 4.39 Å². The number of carbonyl (C=O) groups excluding carboxylic acids is 2. The minimum atomic E-state index is -0.844. The highest BCUT2D eigenvalue weighted by molar-refractivity contribution is 6.00. The third-order valence-electron chi connectivity index (χ3n) is 7.76. The van der Waals surface area contributed by atoms with Crippen LogP contribution >= 0.6 is 0 Å². The second kappa shape index (κ2) is 10.8. The summed E-state index contributed by atoms with van der Waals surface area (Å²) in [5.41, 5.74) is 1.79. The molecule has 0 aliphatic carbocycles. The zero-order valence-corrected chi connectivity index (χ0v) is 22.0. The highest BCUT2D eigenvalue weighted by atomic mass is 19.1. The van der Waals surface area contributed by atoms with Gasteiger partial charge in [0.15, 0.2) is 5.96 Å². The van der Waals surface area contributed by atoms with Gasteiger partial charge >= 0.3 is 0 Å². The number of halogens is 1. The second-order valence-corrected chi connectivity index (χ2v) is 10.1. The molecule has 2 aliphatic heterocycles. The number of amides is 2. The van der Waals surface area contributed by atoms with E-state index in [0.717, 1.165) is 17.5 Å². The summed E-state index contributed by atoms with van der Waals surface area (Å²) in [5.74, 6) is -0.372. The Hall–Kier alpha value is -4.27. The van der Waals surface area contributed by atoms with E-state index < -0.39 is 17.4 Å². The van der Waals surface area contributed by atoms with Gasteiger partial charge in [-0.2, -0.15) is 0 Å². The molecule has 2 aromatic carbocycles. The Balaban J connectivity index is 1.48. The van der Waals surface area contributed by atoms with Crippen molar-refractivity contribution in [3.63, 3.8) is 0 Å². The molecule has 3 aromatic rings. The van der Waals surface area contributed by atoms with Crippen molar-refractivity contribution in [2.75, 3.05) is 6.61 Å². The fraction of sp³-hybridized carbons (Fsp3) is 0.333. The largest absolute Gasteiger partial charge is 0.493 e. The number of carbonyl (C=O) groups is 2. The van der Waals surface area contributed by atoms with Crippen LogP contribution in [-0.2, 0) is 4.79 Å². The number of guanidine groups is 1. The second-order valence-electron chi connectivity index (χ2n) is 10.1. The van der Waals surface area contributed by atoms with Crippen molar-refractivity contribution in [2.24, 2.45) is 0 Å². The lowest BCUT2D eigenvalue weighted by Gasteiger charge is -2.45. The minimum absolute atomic E-state index is 0.0575. The first kappa shape index (κ1) is 26.3. The molecule has 1 fully saturated rings. The van der Waals surface area contributed by atoms with Gasteiger partial charge in [0.1, 0.15) is 11.6 Å². The Morgan fingerprint density at radius 1 is 1.18 bits per heavy atom. The van der Waals surface area contributed by atoms with Crippen LogP contribution in [0.1, 0.15) is 78.7 Å². The van der Waals surface area contributed by atoms with Crippen molar-refractivity contribution >= 4 is 17.8 Å². The molecule has 202 valence electrons. The number of aromatic nitrogens is 1. The molecule has 3 heterocycles. The van der Waals surface area contributed by atoms with Crippen molar-refractivity contribution in [1.29, 1.82) is 5.41 Å². The molecule has 2 aliphatic rings. The van der Waals surface area contributed by atoms with Crippen molar-refractivity contribution in [3.8, 4) is 5.75 Å². The summed E-state index contributed by atoms with van der Waals surface area (Å²) in [6.07, 6.45) is 4.79. The van der Waals surface area contributed by atoms with Crippen molar-refractivity contribution < 1.29 is 18.7 Å². The van der Waals surface area contributed by atoms with E-state index in [9.17, 15) is 14.0 Å². The number of pyridine rings is 1. The lowest BCUT2D eigenvalue weighted by atomic mass is 9.85. The summed E-state index contributed by atoms with van der Waals surface area (Å²) in [6.45, 7) is 4.47. The van der Waals surface area contributed by atoms with E-state index in [4.69, 9.17) is 10.1 Å². The van der Waals surface area contributed by atoms with Crippen LogP contribution < -0.4 is 15.4 Å². The Labute approximate surface area is 227 Å². The summed E-state index contributed by atoms with van der Waals surface area (Å²) in [7, 11) is 0. The van der Waals surface area contributed by atoms with Crippen LogP contribution in [0.3, 0.4) is 0 Å². The lowest BCUT2D eigenvalue weighted by molar-refractivity contribution is -0.132. The third kappa shape index (κ3) is 5.21. The van der Waals surface area contributed by atoms with Gasteiger partial charge in [-0.15, -0.1) is 0 Å². The molecule has 8 nitrogen and oxygen atoms in total. The molecule has 0 saturated carbocycles. The average molecular weight is 530 g/mol. The van der Waals surface area contributed by atoms with Crippen LogP contribution in [0.5, 0.6) is 5.75 Å². The van der Waals surface area contributed by atoms with Crippen LogP contribution in [0.25, 0.3) is 0 Å². The Bertz CT molecular complexity index is 1390. The molecule has 5 rings (SSSR count). The molecule has 1 saturated heterocycles. The predicted octanol–water partition coefficient (Wildman–Crippen LogP) is 4.88. The minimum Gasteiger partial charge on any atom is -0.493 e. The topological polar surface area (TPSA) is 107 Å². The molecule has 0 radical (unpaired) electrons. The quantitative estimate of drug-likeness (QED) is 0.404. The van der Waals surface area contributed by atoms with Crippen molar-refractivity contribution in [1.82, 2.24) is 20.5 Å². The first-order valence-electron chi connectivity index (χ1n) is 13.3. The smallest absolute Gasteiger partial charge is 0.251 e. The van der Waals surface area contributed by atoms with Crippen LogP contribution in [0.2, 0.25) is 0 Å². The first-order chi connectivity index (χ1) is 18.8. The highest BCUT2D eigenvalue weighted by Gasteiger charge is 2.42. The number of ether oxygens (including phenoxy) is 1. The van der Waals surface area contributed by atoms with E-state index in [1.807, 2.05) is 38.1 Å². The van der Waals surface area contributed by atoms with E-state index in [1.54, 1.807) is 24.3 Å². The molecule has 0 bridgehead atoms. The van der Waals surface area contributed by atoms with Gasteiger partial charge in [-0.1, -0.05) is 44.2 Å². The molecule has 3 N–H and O–H groups in total. The fourth-order valence-electron chi connectivity index (χ4n) is 5.46. The number of rotatable bonds is 7. The monoisotopic (exact) mass is 529 g/mol. The van der Waals surface area contributed by atoms with Gasteiger partial charge in [0, 0.05) is 34.8 Å². The maximum atomic E-state index is 14.3. The summed E-state index contributed by atoms with van der Waals surface area (Å²) in [6, 6.07) is 14.8. The maximum absolute atomic E-state index is 14.3. The first-order valence-corrected chi connectivity index (χ1v) is 13.3. The Kier molecular flexibility index (Phi) is 7.32. The highest BCUT2D eigenvalue weighted by Crippen LogP contribution is 2.35. The summed E-state index contributed by atoms with van der Waals surface area (Å²) in [4.78, 5) is 32.3. The zero-order valence-electron chi connectivity index (χ0n) is 22.0. The van der Waals surface area contributed by atoms with Gasteiger partial charge in [0.25, 0.3) is 5.91 Å². The van der Waals surface area contributed by atoms with E-state index in [0.29, 0.717) is 42.6 Å². The molecule has 2 amide bonds. The molecule has 39 heavy (non-hydrogen) atoms. The Morgan fingerprint density at radius 2 is 1.97 bits per heavy atom. The number of hydrogen-bond donors (Lipinski definition) is 3. The molecule has 0 spiro atoms. The standard InChI is InChI=1S/C30H32FN5O3/c1-3-30(4-2)16-26(37)36(29(32)35-30)27(21-15-22(31)18-33-17-21)19-8-7-9-20(14-19)28(38)34-24-12-13-39-25-11-6-5-10-23(24)25/h5-11,14-15,17-18,24,27H,3-4,12-13,16H2,1-2H3,(H2,32,35)(H,34,38)/t24-,27+/m0/s1. The zero-order chi connectivity index (χ0) is 27.6. The van der Waals surface area contributed by atoms with Gasteiger partial charge in [0.05, 0.1) is 31.3 Å². The van der Waals surface area contributed by atoms with Gasteiger partial charge in [-0.05, 0) is 42.7 Å². The molecule has 2 atom stereocenters. The van der Waals surface area contributed by atoms with Crippen LogP contribution in [0, 0.1) is 11.2 Å². The number of nitrogens with one attached hydrogen (secondary N) is 3. The number of benzene rings is 2. The molecular formula is C30H32FN5O3. The average Bonchev–Trinajstić information content (AvgIpc) is 2.95. The summed E-state index contributed by atoms with van der Waals surface area (Å²) < 4.78 is 20.0. The van der Waals surface area contributed by atoms with Crippen LogP contribution in [-0.4, -0.2) is 39.8 Å². The van der Waals surface area contributed by atoms with E-state index in [1.165, 1.54) is 17.2 Å². The van der Waals surface area contributed by atoms with E-state index >= 15 is 0 Å². The number of para-hydroxylation sites is 1. The number of hydrogen-bond acceptors (Lipinski definition) is 5. The van der Waals surface area contributed by atoms with E-state index in [2.05, 4.69) is 15.6 Å². The van der Waals surface area contributed by atoms with Crippen molar-refractivity contribution in [2.45, 2.75) is 57.2 Å². The fourth-order valence-corrected chi connectivity index (χ4v) is 5.46. The van der Waals surface area contributed by atoms with Crippen LogP contribution in [0.4, 0.5) is 4.39 Å². The van der Waals surface area contributed by atoms with Crippen molar-refractivity contribution in [3.05, 3.63) is 95.1 Å². The van der Waals surface area contributed by atoms with Crippen LogP contribution in [0.15, 0.2) is 67.0 Å². The summed E-state index contributed by atoms with van der Waals surface area (Å²) in [5, 5.41) is 15.1. The lowest BCUT2D eigenvalue weighted by Crippen LogP contribution is -2.62. The normalized spacial score (nSPS) is 18.9. The SMILES string of the molecule is CCC1(CC)CC(=O)N([C@@H](c2cncc(F)c2)c2cccc(C(=O)N[C@H]3CCOc4ccccc43)c2)C(=N)N1. The van der Waals surface area contributed by atoms with Gasteiger partial charge < -0.3 is 15.4 Å². The molecule has 9 heteroatoms. The molecule has 1 aromatic heterocycles. The number of nitrogens with zero attached hydrogens (tertiary/aromatic N) is 2. The Morgan fingerprint density at radius 3 is 2.72 bits per heavy atom. The predicted molar refractivity (Wildman–Crippen MR) is 145 cm³/mol. The van der Waals surface area contributed by atoms with Gasteiger partial charge in [0.2, 0.25) is 5.91 Å². The van der Waals surface area contributed by atoms with Gasteiger partial charge in [-0.3, -0.25) is 24.9 Å². The molecular weight excluding hydrogens is 497 g/mol. The third-order valence-corrected chi connectivity index (χ3v) is 7.76. The summed E-state index contributed by atoms with van der Waals surface area (Å²) >= 11 is 0. The maximum Gasteiger partial charge on any atom is 0.251 e. The van der Waals surface area contributed by atoms with E-state index in [-0.39, 0.29) is 30.2 Å². The molecule has 0 unspecified atom stereocenters.